The lowest BCUT2D eigenvalue weighted by Crippen LogP contribution is -2.40. The zero-order valence-corrected chi connectivity index (χ0v) is 22.0. The van der Waals surface area contributed by atoms with Gasteiger partial charge in [-0.25, -0.2) is 13.8 Å². The molecule has 0 aliphatic rings. The summed E-state index contributed by atoms with van der Waals surface area (Å²) >= 11 is 0. The number of para-hydroxylation sites is 1. The van der Waals surface area contributed by atoms with Gasteiger partial charge in [0.2, 0.25) is 0 Å². The van der Waals surface area contributed by atoms with Crippen LogP contribution in [0.4, 0.5) is 17.1 Å². The lowest BCUT2D eigenvalue weighted by atomic mass is 10.2. The van der Waals surface area contributed by atoms with Crippen molar-refractivity contribution in [3.05, 3.63) is 82.4 Å². The summed E-state index contributed by atoms with van der Waals surface area (Å²) in [5.41, 5.74) is 3.33. The smallest absolute Gasteiger partial charge is 0.289 e. The van der Waals surface area contributed by atoms with Gasteiger partial charge >= 0.3 is 0 Å². The summed E-state index contributed by atoms with van der Waals surface area (Å²) < 4.78 is 38.7. The first kappa shape index (κ1) is 27.9. The number of ether oxygens (including phenoxy) is 2. The predicted octanol–water partition coefficient (Wildman–Crippen LogP) is 3.02. The average Bonchev–Trinajstić information content (AvgIpc) is 2.91. The summed E-state index contributed by atoms with van der Waals surface area (Å²) in [6.07, 6.45) is 1.41. The van der Waals surface area contributed by atoms with E-state index in [1.165, 1.54) is 50.8 Å². The molecule has 3 rings (SSSR count). The first-order valence-corrected chi connectivity index (χ1v) is 12.6. The molecule has 0 aliphatic carbocycles. The summed E-state index contributed by atoms with van der Waals surface area (Å²) in [6.45, 7) is -0.742. The maximum atomic E-state index is 13.7. The minimum absolute atomic E-state index is 0.0233. The Balaban J connectivity index is 1.96. The molecule has 0 aromatic heterocycles. The van der Waals surface area contributed by atoms with E-state index in [9.17, 15) is 23.3 Å². The Morgan fingerprint density at radius 2 is 1.74 bits per heavy atom. The summed E-state index contributed by atoms with van der Waals surface area (Å²) in [5.74, 6) is -0.335. The molecular weight excluding hydrogens is 514 g/mol. The molecule has 0 bridgehead atoms. The highest BCUT2D eigenvalue weighted by molar-refractivity contribution is 7.93. The van der Waals surface area contributed by atoms with Crippen molar-refractivity contribution in [2.24, 2.45) is 5.10 Å². The number of rotatable bonds is 11. The van der Waals surface area contributed by atoms with E-state index in [0.29, 0.717) is 11.3 Å². The van der Waals surface area contributed by atoms with Gasteiger partial charge in [-0.1, -0.05) is 24.3 Å². The number of methoxy groups -OCH3 is 2. The number of hydrazone groups is 1. The molecule has 200 valence electrons. The molecule has 0 heterocycles. The van der Waals surface area contributed by atoms with Gasteiger partial charge in [-0.15, -0.1) is 0 Å². The average molecular weight is 542 g/mol. The SMILES string of the molecule is COc1ccc(N(CC(=O)N/N=C\c2ccc(N(C)C)cc2)S(=O)(=O)c2ccccc2[N+](=O)[O-])c(OC)c1. The fourth-order valence-electron chi connectivity index (χ4n) is 3.44. The summed E-state index contributed by atoms with van der Waals surface area (Å²) in [6, 6.07) is 16.5. The second kappa shape index (κ2) is 12.1. The first-order chi connectivity index (χ1) is 18.1. The minimum Gasteiger partial charge on any atom is -0.497 e. The van der Waals surface area contributed by atoms with Crippen LogP contribution in [-0.2, 0) is 14.8 Å². The summed E-state index contributed by atoms with van der Waals surface area (Å²) in [5, 5.41) is 15.5. The Labute approximate surface area is 220 Å². The largest absolute Gasteiger partial charge is 0.497 e. The van der Waals surface area contributed by atoms with Crippen molar-refractivity contribution in [1.29, 1.82) is 0 Å². The van der Waals surface area contributed by atoms with Gasteiger partial charge in [0.25, 0.3) is 21.6 Å². The molecule has 1 N–H and O–H groups in total. The molecule has 0 saturated heterocycles. The fraction of sp³-hybridized carbons (Fsp3) is 0.200. The van der Waals surface area contributed by atoms with Gasteiger partial charge in [-0.3, -0.25) is 19.2 Å². The van der Waals surface area contributed by atoms with Crippen molar-refractivity contribution in [3.8, 4) is 11.5 Å². The van der Waals surface area contributed by atoms with Crippen LogP contribution in [0.25, 0.3) is 0 Å². The second-order valence-corrected chi connectivity index (χ2v) is 9.88. The Kier molecular flexibility index (Phi) is 8.86. The molecule has 0 atom stereocenters. The number of carbonyl (C=O) groups is 1. The molecule has 0 fully saturated rings. The number of anilines is 2. The lowest BCUT2D eigenvalue weighted by molar-refractivity contribution is -0.387. The Morgan fingerprint density at radius 1 is 1.05 bits per heavy atom. The molecule has 13 heteroatoms. The Bertz CT molecular complexity index is 1440. The maximum Gasteiger partial charge on any atom is 0.289 e. The number of amides is 1. The second-order valence-electron chi connectivity index (χ2n) is 8.05. The van der Waals surface area contributed by atoms with Crippen LogP contribution in [0.1, 0.15) is 5.56 Å². The van der Waals surface area contributed by atoms with Crippen LogP contribution < -0.4 is 24.1 Å². The minimum atomic E-state index is -4.61. The number of sulfonamides is 1. The van der Waals surface area contributed by atoms with Crippen LogP contribution in [0, 0.1) is 10.1 Å². The highest BCUT2D eigenvalue weighted by Gasteiger charge is 2.34. The molecule has 0 radical (unpaired) electrons. The van der Waals surface area contributed by atoms with Crippen LogP contribution in [0.5, 0.6) is 11.5 Å². The zero-order valence-electron chi connectivity index (χ0n) is 21.2. The molecule has 3 aromatic carbocycles. The third-order valence-corrected chi connectivity index (χ3v) is 7.19. The van der Waals surface area contributed by atoms with Gasteiger partial charge in [-0.2, -0.15) is 5.10 Å². The van der Waals surface area contributed by atoms with Crippen LogP contribution in [-0.4, -0.2) is 60.3 Å². The van der Waals surface area contributed by atoms with Gasteiger partial charge in [-0.05, 0) is 35.9 Å². The number of nitrogens with zero attached hydrogens (tertiary/aromatic N) is 4. The topological polar surface area (TPSA) is 144 Å². The van der Waals surface area contributed by atoms with Crippen LogP contribution >= 0.6 is 0 Å². The molecule has 38 heavy (non-hydrogen) atoms. The third-order valence-electron chi connectivity index (χ3n) is 5.39. The standard InChI is InChI=1S/C25H27N5O7S/c1-28(2)19-11-9-18(10-12-19)16-26-27-25(31)17-29(21-14-13-20(36-3)15-23(21)37-4)38(34,35)24-8-6-5-7-22(24)30(32)33/h5-16H,17H2,1-4H3,(H,27,31)/b26-16-. The van der Waals surface area contributed by atoms with E-state index in [-0.39, 0.29) is 11.4 Å². The molecule has 0 saturated carbocycles. The lowest BCUT2D eigenvalue weighted by Gasteiger charge is -2.25. The van der Waals surface area contributed by atoms with E-state index in [0.717, 1.165) is 22.1 Å². The van der Waals surface area contributed by atoms with Gasteiger partial charge in [0.1, 0.15) is 18.0 Å². The van der Waals surface area contributed by atoms with Gasteiger partial charge in [0.05, 0.1) is 31.0 Å². The van der Waals surface area contributed by atoms with Crippen molar-refractivity contribution in [1.82, 2.24) is 5.43 Å². The van der Waals surface area contributed by atoms with Gasteiger partial charge in [0, 0.05) is 31.9 Å². The molecule has 0 unspecified atom stereocenters. The molecule has 1 amide bonds. The number of nitrogens with one attached hydrogen (secondary N) is 1. The number of carbonyl (C=O) groups excluding carboxylic acids is 1. The number of benzene rings is 3. The van der Waals surface area contributed by atoms with Crippen LogP contribution in [0.15, 0.2) is 76.7 Å². The van der Waals surface area contributed by atoms with E-state index in [1.807, 2.05) is 31.1 Å². The molecular formula is C25H27N5O7S. The Morgan fingerprint density at radius 3 is 2.34 bits per heavy atom. The molecule has 12 nitrogen and oxygen atoms in total. The zero-order chi connectivity index (χ0) is 27.9. The normalized spacial score (nSPS) is 11.2. The van der Waals surface area contributed by atoms with Crippen molar-refractivity contribution < 1.29 is 27.6 Å². The number of hydrogen-bond acceptors (Lipinski definition) is 9. The fourth-order valence-corrected chi connectivity index (χ4v) is 5.03. The van der Waals surface area contributed by atoms with Crippen molar-refractivity contribution >= 4 is 39.2 Å². The highest BCUT2D eigenvalue weighted by Crippen LogP contribution is 2.37. The van der Waals surface area contributed by atoms with Gasteiger partial charge in [0.15, 0.2) is 4.90 Å². The van der Waals surface area contributed by atoms with Crippen molar-refractivity contribution in [2.45, 2.75) is 4.90 Å². The van der Waals surface area contributed by atoms with Crippen molar-refractivity contribution in [2.75, 3.05) is 44.1 Å². The van der Waals surface area contributed by atoms with Gasteiger partial charge < -0.3 is 14.4 Å². The predicted molar refractivity (Wildman–Crippen MR) is 144 cm³/mol. The highest BCUT2D eigenvalue weighted by atomic mass is 32.2. The van der Waals surface area contributed by atoms with Crippen molar-refractivity contribution in [3.63, 3.8) is 0 Å². The molecule has 3 aromatic rings. The van der Waals surface area contributed by atoms with E-state index >= 15 is 0 Å². The van der Waals surface area contributed by atoms with E-state index < -0.39 is 38.0 Å². The number of nitro groups is 1. The maximum absolute atomic E-state index is 13.7. The van der Waals surface area contributed by atoms with E-state index in [1.54, 1.807) is 12.1 Å². The number of hydrogen-bond donors (Lipinski definition) is 1. The molecule has 0 aliphatic heterocycles. The van der Waals surface area contributed by atoms with E-state index in [2.05, 4.69) is 10.5 Å². The van der Waals surface area contributed by atoms with Crippen LogP contribution in [0.3, 0.4) is 0 Å². The number of nitro benzene ring substituents is 1. The molecule has 0 spiro atoms. The van der Waals surface area contributed by atoms with E-state index in [4.69, 9.17) is 9.47 Å². The Hall–Kier alpha value is -4.65. The summed E-state index contributed by atoms with van der Waals surface area (Å²) in [7, 11) is 1.95. The first-order valence-electron chi connectivity index (χ1n) is 11.2. The quantitative estimate of drug-likeness (QED) is 0.222. The van der Waals surface area contributed by atoms with Crippen LogP contribution in [0.2, 0.25) is 0 Å². The third kappa shape index (κ3) is 6.37. The summed E-state index contributed by atoms with van der Waals surface area (Å²) in [4.78, 5) is 25.0. The monoisotopic (exact) mass is 541 g/mol.